The summed E-state index contributed by atoms with van der Waals surface area (Å²) < 4.78 is 37.6. The molecule has 49 heavy (non-hydrogen) atoms. The fourth-order valence-corrected chi connectivity index (χ4v) is 5.54. The molecule has 3 aliphatic rings. The van der Waals surface area contributed by atoms with Crippen LogP contribution in [0.15, 0.2) is 41.7 Å². The van der Waals surface area contributed by atoms with Crippen molar-refractivity contribution in [2.45, 2.75) is 87.5 Å². The van der Waals surface area contributed by atoms with Crippen molar-refractivity contribution >= 4 is 11.9 Å². The van der Waals surface area contributed by atoms with Crippen LogP contribution in [0.3, 0.4) is 0 Å². The number of hydrogen-bond donors (Lipinski definition) is 9. The number of aliphatic hydroxyl groups excluding tert-OH is 8. The van der Waals surface area contributed by atoms with Crippen molar-refractivity contribution < 1.29 is 88.7 Å². The maximum absolute atomic E-state index is 13.0. The van der Waals surface area contributed by atoms with E-state index in [1.807, 2.05) is 0 Å². The molecular weight excluding hydrogens is 660 g/mol. The standard InChI is InChI=1S/C31H42O18/c1-3-14-15(16(28(42)43-2)12-45-29(14)49-31-27(41)25(39)23(37)20(11-33)48-31)9-21(35)44-7-6-13-4-5-18(17(34)8-13)46-30-26(40)24(38)22(36)19(10-32)47-30/h3-5,8,12,15,19-20,22-27,29-34,36-41H,6-7,9-11H2,1-2H3. The van der Waals surface area contributed by atoms with Crippen LogP contribution in [-0.4, -0.2) is 153 Å². The van der Waals surface area contributed by atoms with Crippen molar-refractivity contribution in [1.29, 1.82) is 0 Å². The first kappa shape index (κ1) is 38.4. The Bertz CT molecular complexity index is 1350. The van der Waals surface area contributed by atoms with Crippen molar-refractivity contribution in [3.8, 4) is 11.5 Å². The monoisotopic (exact) mass is 702 g/mol. The second-order valence-corrected chi connectivity index (χ2v) is 11.5. The number of carbonyl (C=O) groups excluding carboxylic acids is 2. The Balaban J connectivity index is 1.37. The molecule has 2 fully saturated rings. The molecule has 12 atom stereocenters. The van der Waals surface area contributed by atoms with E-state index in [0.717, 1.165) is 13.4 Å². The summed E-state index contributed by atoms with van der Waals surface area (Å²) in [5, 5.41) is 90.0. The van der Waals surface area contributed by atoms with Crippen molar-refractivity contribution in [2.24, 2.45) is 5.92 Å². The van der Waals surface area contributed by atoms with Gasteiger partial charge >= 0.3 is 11.9 Å². The number of rotatable bonds is 12. The summed E-state index contributed by atoms with van der Waals surface area (Å²) in [7, 11) is 1.14. The molecular formula is C31H42O18. The zero-order chi connectivity index (χ0) is 36.0. The lowest BCUT2D eigenvalue weighted by molar-refractivity contribution is -0.327. The number of allylic oxidation sites excluding steroid dienone is 1. The highest BCUT2D eigenvalue weighted by Crippen LogP contribution is 2.36. The van der Waals surface area contributed by atoms with E-state index >= 15 is 0 Å². The van der Waals surface area contributed by atoms with Gasteiger partial charge in [-0.05, 0) is 24.6 Å². The summed E-state index contributed by atoms with van der Waals surface area (Å²) in [4.78, 5) is 25.5. The summed E-state index contributed by atoms with van der Waals surface area (Å²) in [6.45, 7) is 0.0864. The van der Waals surface area contributed by atoms with E-state index in [1.165, 1.54) is 24.3 Å². The molecule has 2 saturated heterocycles. The molecule has 0 bridgehead atoms. The molecule has 3 heterocycles. The topological polar surface area (TPSA) is 281 Å². The lowest BCUT2D eigenvalue weighted by atomic mass is 9.86. The number of benzene rings is 1. The minimum atomic E-state index is -1.73. The smallest absolute Gasteiger partial charge is 0.337 e. The zero-order valence-corrected chi connectivity index (χ0v) is 26.5. The molecule has 0 aromatic heterocycles. The largest absolute Gasteiger partial charge is 0.504 e. The lowest BCUT2D eigenvalue weighted by Crippen LogP contribution is -2.60. The third-order valence-corrected chi connectivity index (χ3v) is 8.37. The number of ether oxygens (including phenoxy) is 7. The van der Waals surface area contributed by atoms with Crippen LogP contribution in [0.1, 0.15) is 18.9 Å². The van der Waals surface area contributed by atoms with Gasteiger partial charge in [-0.3, -0.25) is 4.79 Å². The van der Waals surface area contributed by atoms with Gasteiger partial charge < -0.3 is 79.1 Å². The van der Waals surface area contributed by atoms with Crippen LogP contribution in [0.25, 0.3) is 0 Å². The van der Waals surface area contributed by atoms with E-state index in [4.69, 9.17) is 33.2 Å². The maximum atomic E-state index is 13.0. The summed E-state index contributed by atoms with van der Waals surface area (Å²) in [6.07, 6.45) is -14.6. The van der Waals surface area contributed by atoms with E-state index in [-0.39, 0.29) is 42.1 Å². The molecule has 12 unspecified atom stereocenters. The number of phenols is 1. The van der Waals surface area contributed by atoms with Gasteiger partial charge in [-0.2, -0.15) is 0 Å². The molecule has 1 aromatic carbocycles. The van der Waals surface area contributed by atoms with Crippen molar-refractivity contribution in [3.63, 3.8) is 0 Å². The van der Waals surface area contributed by atoms with Crippen molar-refractivity contribution in [3.05, 3.63) is 47.2 Å². The van der Waals surface area contributed by atoms with E-state index in [2.05, 4.69) is 0 Å². The Kier molecular flexibility index (Phi) is 13.3. The molecule has 18 nitrogen and oxygen atoms in total. The Morgan fingerprint density at radius 3 is 2.06 bits per heavy atom. The molecule has 3 aliphatic heterocycles. The van der Waals surface area contributed by atoms with Crippen LogP contribution in [0.4, 0.5) is 0 Å². The maximum Gasteiger partial charge on any atom is 0.337 e. The van der Waals surface area contributed by atoms with Gasteiger partial charge in [0.15, 0.2) is 17.8 Å². The van der Waals surface area contributed by atoms with E-state index < -0.39 is 98.8 Å². The highest BCUT2D eigenvalue weighted by molar-refractivity contribution is 5.90. The zero-order valence-electron chi connectivity index (χ0n) is 26.5. The van der Waals surface area contributed by atoms with Crippen LogP contribution in [0, 0.1) is 5.92 Å². The summed E-state index contributed by atoms with van der Waals surface area (Å²) in [5.74, 6) is -3.02. The molecule has 4 rings (SSSR count). The first-order valence-electron chi connectivity index (χ1n) is 15.4. The third-order valence-electron chi connectivity index (χ3n) is 8.37. The van der Waals surface area contributed by atoms with Gasteiger partial charge in [0.25, 0.3) is 0 Å². The fourth-order valence-electron chi connectivity index (χ4n) is 5.54. The molecule has 0 aliphatic carbocycles. The van der Waals surface area contributed by atoms with Gasteiger partial charge in [-0.1, -0.05) is 12.1 Å². The molecule has 0 spiro atoms. The van der Waals surface area contributed by atoms with Gasteiger partial charge in [0, 0.05) is 17.9 Å². The van der Waals surface area contributed by atoms with E-state index in [0.29, 0.717) is 5.56 Å². The van der Waals surface area contributed by atoms with E-state index in [1.54, 1.807) is 6.92 Å². The first-order chi connectivity index (χ1) is 23.3. The van der Waals surface area contributed by atoms with Gasteiger partial charge in [0.1, 0.15) is 48.8 Å². The van der Waals surface area contributed by atoms with Gasteiger partial charge in [-0.25, -0.2) is 4.79 Å². The minimum Gasteiger partial charge on any atom is -0.504 e. The normalized spacial score (nSPS) is 35.6. The Morgan fingerprint density at radius 2 is 1.49 bits per heavy atom. The predicted molar refractivity (Wildman–Crippen MR) is 159 cm³/mol. The fraction of sp³-hybridized carbons (Fsp3) is 0.613. The molecule has 274 valence electrons. The Morgan fingerprint density at radius 1 is 0.878 bits per heavy atom. The highest BCUT2D eigenvalue weighted by Gasteiger charge is 2.47. The van der Waals surface area contributed by atoms with Crippen LogP contribution in [0.2, 0.25) is 0 Å². The summed E-state index contributed by atoms with van der Waals surface area (Å²) in [5.41, 5.74) is 0.715. The van der Waals surface area contributed by atoms with Crippen LogP contribution in [-0.2, 0) is 44.4 Å². The van der Waals surface area contributed by atoms with E-state index in [9.17, 15) is 55.5 Å². The van der Waals surface area contributed by atoms with Crippen LogP contribution >= 0.6 is 0 Å². The quantitative estimate of drug-likeness (QED) is 0.0767. The SMILES string of the molecule is CC=C1C(OC2OC(CO)C(O)C(O)C2O)OC=C(C(=O)OC)C1CC(=O)OCCc1ccc(OC2OC(CO)C(O)C(O)C2O)c(O)c1. The molecule has 0 radical (unpaired) electrons. The predicted octanol–water partition coefficient (Wildman–Crippen LogP) is -3.16. The van der Waals surface area contributed by atoms with Gasteiger partial charge in [0.2, 0.25) is 12.6 Å². The van der Waals surface area contributed by atoms with Crippen molar-refractivity contribution in [2.75, 3.05) is 26.9 Å². The first-order valence-corrected chi connectivity index (χ1v) is 15.4. The van der Waals surface area contributed by atoms with Gasteiger partial charge in [0.05, 0.1) is 45.2 Å². The highest BCUT2D eigenvalue weighted by atomic mass is 16.8. The second-order valence-electron chi connectivity index (χ2n) is 11.5. The third kappa shape index (κ3) is 8.67. The molecule has 1 aromatic rings. The van der Waals surface area contributed by atoms with Gasteiger partial charge in [-0.15, -0.1) is 0 Å². The number of esters is 2. The lowest BCUT2D eigenvalue weighted by Gasteiger charge is -2.41. The molecule has 0 saturated carbocycles. The minimum absolute atomic E-state index is 0.0406. The average molecular weight is 703 g/mol. The van der Waals surface area contributed by atoms with Crippen molar-refractivity contribution in [1.82, 2.24) is 0 Å². The molecule has 9 N–H and O–H groups in total. The average Bonchev–Trinajstić information content (AvgIpc) is 3.09. The number of carbonyl (C=O) groups is 2. The summed E-state index contributed by atoms with van der Waals surface area (Å²) in [6, 6.07) is 4.18. The number of aliphatic hydroxyl groups is 8. The number of hydrogen-bond acceptors (Lipinski definition) is 18. The van der Waals surface area contributed by atoms with Crippen LogP contribution < -0.4 is 4.74 Å². The number of aromatic hydroxyl groups is 1. The molecule has 18 heteroatoms. The number of methoxy groups -OCH3 is 1. The summed E-state index contributed by atoms with van der Waals surface area (Å²) >= 11 is 0. The Labute approximate surface area is 279 Å². The van der Waals surface area contributed by atoms with Crippen LogP contribution in [0.5, 0.6) is 11.5 Å². The number of phenolic OH excluding ortho intramolecular Hbond substituents is 1. The molecule has 0 amide bonds. The second kappa shape index (κ2) is 17.0. The Hall–Kier alpha value is -3.40.